The Bertz CT molecular complexity index is 755. The first kappa shape index (κ1) is 20.6. The molecule has 2 fully saturated rings. The van der Waals surface area contributed by atoms with Gasteiger partial charge < -0.3 is 10.4 Å². The van der Waals surface area contributed by atoms with E-state index in [2.05, 4.69) is 10.6 Å². The molecule has 2 aliphatic rings. The minimum absolute atomic E-state index is 0.122. The molecule has 0 radical (unpaired) electrons. The Morgan fingerprint density at radius 2 is 1.96 bits per heavy atom. The van der Waals surface area contributed by atoms with Crippen LogP contribution in [0.15, 0.2) is 24.3 Å². The molecule has 3 amide bonds. The Morgan fingerprint density at radius 3 is 2.48 bits per heavy atom. The molecule has 1 spiro atoms. The zero-order valence-electron chi connectivity index (χ0n) is 14.1. The standard InChI is InChI=1S/C14H16FN3O2.C2HF3O2/c1-9-8-14(5-6-16-9)12(19)17-13(20)18(14)11-4-2-3-10(15)7-11;3-2(4,5)1(6)7/h2-4,7,9,16H,5-6,8H2,1H3,(H,17,19,20);(H,6,7). The molecule has 2 unspecified atom stereocenters. The van der Waals surface area contributed by atoms with Crippen LogP contribution in [0.5, 0.6) is 0 Å². The maximum atomic E-state index is 13.4. The number of amides is 3. The number of nitrogens with one attached hydrogen (secondary N) is 2. The van der Waals surface area contributed by atoms with Crippen molar-refractivity contribution in [3.05, 3.63) is 30.1 Å². The van der Waals surface area contributed by atoms with E-state index in [4.69, 9.17) is 9.90 Å². The van der Waals surface area contributed by atoms with Crippen molar-refractivity contribution in [3.8, 4) is 0 Å². The molecule has 2 aliphatic heterocycles. The first-order valence-electron chi connectivity index (χ1n) is 7.92. The Kier molecular flexibility index (Phi) is 5.73. The lowest BCUT2D eigenvalue weighted by Crippen LogP contribution is -2.58. The second-order valence-corrected chi connectivity index (χ2v) is 6.22. The van der Waals surface area contributed by atoms with Crippen LogP contribution in [0.25, 0.3) is 0 Å². The molecule has 0 aromatic heterocycles. The van der Waals surface area contributed by atoms with Gasteiger partial charge in [-0.15, -0.1) is 0 Å². The quantitative estimate of drug-likeness (QED) is 0.503. The van der Waals surface area contributed by atoms with Gasteiger partial charge in [0.25, 0.3) is 5.91 Å². The molecule has 11 heteroatoms. The number of hydrogen-bond donors (Lipinski definition) is 3. The first-order valence-corrected chi connectivity index (χ1v) is 7.92. The number of nitrogens with zero attached hydrogens (tertiary/aromatic N) is 1. The number of carboxylic acid groups (broad SMARTS) is 1. The Labute approximate surface area is 151 Å². The highest BCUT2D eigenvalue weighted by molar-refractivity contribution is 6.17. The third kappa shape index (κ3) is 4.35. The van der Waals surface area contributed by atoms with E-state index in [1.807, 2.05) is 6.92 Å². The minimum atomic E-state index is -5.08. The molecular weight excluding hydrogens is 374 g/mol. The molecule has 0 saturated carbocycles. The summed E-state index contributed by atoms with van der Waals surface area (Å²) in [7, 11) is 0. The van der Waals surface area contributed by atoms with Crippen LogP contribution in [0.3, 0.4) is 0 Å². The number of halogens is 4. The van der Waals surface area contributed by atoms with Gasteiger partial charge in [-0.25, -0.2) is 14.0 Å². The third-order valence-corrected chi connectivity index (χ3v) is 4.26. The number of urea groups is 1. The summed E-state index contributed by atoms with van der Waals surface area (Å²) < 4.78 is 45.2. The fourth-order valence-corrected chi connectivity index (χ4v) is 3.16. The van der Waals surface area contributed by atoms with Gasteiger partial charge in [0.15, 0.2) is 0 Å². The molecule has 1 aromatic carbocycles. The van der Waals surface area contributed by atoms with Gasteiger partial charge in [-0.2, -0.15) is 13.2 Å². The second-order valence-electron chi connectivity index (χ2n) is 6.22. The van der Waals surface area contributed by atoms with Gasteiger partial charge in [-0.1, -0.05) is 6.07 Å². The smallest absolute Gasteiger partial charge is 0.475 e. The van der Waals surface area contributed by atoms with Crippen LogP contribution in [-0.2, 0) is 9.59 Å². The fourth-order valence-electron chi connectivity index (χ4n) is 3.16. The molecular formula is C16H17F4N3O4. The summed E-state index contributed by atoms with van der Waals surface area (Å²) in [5, 5.41) is 12.7. The number of benzene rings is 1. The SMILES string of the molecule is CC1CC2(CCN1)C(=O)NC(=O)N2c1cccc(F)c1.O=C(O)C(F)(F)F. The van der Waals surface area contributed by atoms with Gasteiger partial charge in [0.05, 0.1) is 0 Å². The molecule has 3 rings (SSSR count). The summed E-state index contributed by atoms with van der Waals surface area (Å²) in [6.07, 6.45) is -4.05. The number of rotatable bonds is 1. The van der Waals surface area contributed by atoms with Crippen LogP contribution in [0.2, 0.25) is 0 Å². The van der Waals surface area contributed by atoms with E-state index < -0.39 is 29.5 Å². The molecule has 1 aromatic rings. The molecule has 27 heavy (non-hydrogen) atoms. The lowest BCUT2D eigenvalue weighted by Gasteiger charge is -2.41. The molecule has 0 aliphatic carbocycles. The van der Waals surface area contributed by atoms with Gasteiger partial charge in [-0.3, -0.25) is 15.0 Å². The molecule has 7 nitrogen and oxygen atoms in total. The number of anilines is 1. The fraction of sp³-hybridized carbons (Fsp3) is 0.438. The zero-order chi connectivity index (χ0) is 20.4. The number of carbonyl (C=O) groups is 3. The number of hydrogen-bond acceptors (Lipinski definition) is 4. The summed E-state index contributed by atoms with van der Waals surface area (Å²) in [5.74, 6) is -3.47. The van der Waals surface area contributed by atoms with Crippen LogP contribution < -0.4 is 15.5 Å². The molecule has 0 bridgehead atoms. The van der Waals surface area contributed by atoms with Gasteiger partial charge in [0.1, 0.15) is 11.4 Å². The van der Waals surface area contributed by atoms with Crippen LogP contribution >= 0.6 is 0 Å². The number of alkyl halides is 3. The van der Waals surface area contributed by atoms with Crippen LogP contribution in [-0.4, -0.2) is 47.3 Å². The minimum Gasteiger partial charge on any atom is -0.475 e. The largest absolute Gasteiger partial charge is 0.490 e. The number of aliphatic carboxylic acids is 1. The van der Waals surface area contributed by atoms with Crippen molar-refractivity contribution in [2.75, 3.05) is 11.4 Å². The first-order chi connectivity index (χ1) is 12.5. The topological polar surface area (TPSA) is 98.7 Å². The maximum absolute atomic E-state index is 13.4. The Hall–Kier alpha value is -2.69. The number of carbonyl (C=O) groups excluding carboxylic acids is 2. The average Bonchev–Trinajstić information content (AvgIpc) is 2.76. The van der Waals surface area contributed by atoms with Crippen molar-refractivity contribution in [2.45, 2.75) is 37.5 Å². The predicted octanol–water partition coefficient (Wildman–Crippen LogP) is 2.03. The molecule has 3 N–H and O–H groups in total. The van der Waals surface area contributed by atoms with Crippen molar-refractivity contribution < 1.29 is 37.1 Å². The van der Waals surface area contributed by atoms with E-state index in [0.29, 0.717) is 25.1 Å². The van der Waals surface area contributed by atoms with Crippen LogP contribution in [0.4, 0.5) is 28.0 Å². The van der Waals surface area contributed by atoms with Crippen molar-refractivity contribution in [1.29, 1.82) is 0 Å². The van der Waals surface area contributed by atoms with Crippen molar-refractivity contribution in [2.24, 2.45) is 0 Å². The monoisotopic (exact) mass is 391 g/mol. The van der Waals surface area contributed by atoms with Crippen LogP contribution in [0, 0.1) is 5.82 Å². The van der Waals surface area contributed by atoms with Crippen molar-refractivity contribution >= 4 is 23.6 Å². The highest BCUT2D eigenvalue weighted by Gasteiger charge is 2.55. The summed E-state index contributed by atoms with van der Waals surface area (Å²) in [4.78, 5) is 34.7. The zero-order valence-corrected chi connectivity index (χ0v) is 14.1. The number of imide groups is 1. The molecule has 2 atom stereocenters. The highest BCUT2D eigenvalue weighted by Crippen LogP contribution is 2.37. The van der Waals surface area contributed by atoms with Crippen molar-refractivity contribution in [3.63, 3.8) is 0 Å². The van der Waals surface area contributed by atoms with E-state index in [-0.39, 0.29) is 11.9 Å². The molecule has 148 valence electrons. The van der Waals surface area contributed by atoms with Gasteiger partial charge in [-0.05, 0) is 44.5 Å². The van der Waals surface area contributed by atoms with Gasteiger partial charge >= 0.3 is 18.2 Å². The summed E-state index contributed by atoms with van der Waals surface area (Å²) in [6.45, 7) is 2.62. The lowest BCUT2D eigenvalue weighted by molar-refractivity contribution is -0.192. The van der Waals surface area contributed by atoms with E-state index in [0.717, 1.165) is 0 Å². The van der Waals surface area contributed by atoms with Gasteiger partial charge in [0.2, 0.25) is 0 Å². The van der Waals surface area contributed by atoms with E-state index >= 15 is 0 Å². The van der Waals surface area contributed by atoms with E-state index in [1.54, 1.807) is 12.1 Å². The van der Waals surface area contributed by atoms with E-state index in [1.165, 1.54) is 17.0 Å². The second kappa shape index (κ2) is 7.51. The van der Waals surface area contributed by atoms with Crippen molar-refractivity contribution in [1.82, 2.24) is 10.6 Å². The predicted molar refractivity (Wildman–Crippen MR) is 85.5 cm³/mol. The third-order valence-electron chi connectivity index (χ3n) is 4.26. The van der Waals surface area contributed by atoms with Crippen LogP contribution in [0.1, 0.15) is 19.8 Å². The summed E-state index contributed by atoms with van der Waals surface area (Å²) in [6, 6.07) is 5.43. The average molecular weight is 391 g/mol. The summed E-state index contributed by atoms with van der Waals surface area (Å²) >= 11 is 0. The summed E-state index contributed by atoms with van der Waals surface area (Å²) in [5.41, 5.74) is -0.488. The Morgan fingerprint density at radius 1 is 1.33 bits per heavy atom. The van der Waals surface area contributed by atoms with Gasteiger partial charge in [0, 0.05) is 11.7 Å². The molecule has 2 saturated heterocycles. The normalized spacial score (nSPS) is 25.1. The maximum Gasteiger partial charge on any atom is 0.490 e. The number of piperidine rings is 1. The molecule has 2 heterocycles. The van der Waals surface area contributed by atoms with E-state index in [9.17, 15) is 27.2 Å². The lowest BCUT2D eigenvalue weighted by atomic mass is 9.83. The highest BCUT2D eigenvalue weighted by atomic mass is 19.4. The Balaban J connectivity index is 0.000000321. The number of carboxylic acids is 1.